The lowest BCUT2D eigenvalue weighted by Gasteiger charge is -2.20. The minimum Gasteiger partial charge on any atom is -0.490 e. The Morgan fingerprint density at radius 3 is 2.45 bits per heavy atom. The van der Waals surface area contributed by atoms with Gasteiger partial charge in [-0.1, -0.05) is 36.4 Å². The van der Waals surface area contributed by atoms with Gasteiger partial charge in [-0.15, -0.1) is 5.06 Å². The van der Waals surface area contributed by atoms with Crippen LogP contribution in [-0.2, 0) is 21.0 Å². The molecule has 1 atom stereocenters. The highest BCUT2D eigenvalue weighted by Gasteiger charge is 2.46. The van der Waals surface area contributed by atoms with E-state index in [2.05, 4.69) is 0 Å². The summed E-state index contributed by atoms with van der Waals surface area (Å²) in [6.45, 7) is 2.80. The Bertz CT molecular complexity index is 945. The number of hydrogen-bond donors (Lipinski definition) is 0. The van der Waals surface area contributed by atoms with Gasteiger partial charge in [-0.25, -0.2) is 9.69 Å². The van der Waals surface area contributed by atoms with Crippen molar-refractivity contribution in [1.82, 2.24) is 9.96 Å². The number of benzene rings is 2. The maximum absolute atomic E-state index is 12.6. The van der Waals surface area contributed by atoms with Crippen LogP contribution in [0.15, 0.2) is 48.5 Å². The molecule has 2 aromatic rings. The van der Waals surface area contributed by atoms with Crippen molar-refractivity contribution in [1.29, 1.82) is 0 Å². The zero-order valence-electron chi connectivity index (χ0n) is 15.9. The van der Waals surface area contributed by atoms with E-state index in [-0.39, 0.29) is 6.54 Å². The normalized spacial score (nSPS) is 17.5. The molecule has 8 nitrogen and oxygen atoms in total. The fourth-order valence-corrected chi connectivity index (χ4v) is 3.14. The highest BCUT2D eigenvalue weighted by molar-refractivity contribution is 6.44. The average Bonchev–Trinajstić information content (AvgIpc) is 2.92. The van der Waals surface area contributed by atoms with E-state index < -0.39 is 23.9 Å². The standard InChI is InChI=1S/C21H20N2O6/c1-14(16-8-9-17-18(12-16)28-11-5-10-27-17)29-23-20(25)19(24)22(21(23)26)13-15-6-3-2-4-7-15/h2-4,6-9,12,14H,5,10-11,13H2,1H3. The van der Waals surface area contributed by atoms with Gasteiger partial charge in [0, 0.05) is 6.42 Å². The van der Waals surface area contributed by atoms with Crippen molar-refractivity contribution in [3.8, 4) is 11.5 Å². The number of carbonyl (C=O) groups is 3. The topological polar surface area (TPSA) is 85.4 Å². The van der Waals surface area contributed by atoms with E-state index in [0.717, 1.165) is 16.9 Å². The quantitative estimate of drug-likeness (QED) is 0.571. The second kappa shape index (κ2) is 7.92. The molecule has 1 unspecified atom stereocenters. The van der Waals surface area contributed by atoms with Crippen LogP contribution >= 0.6 is 0 Å². The van der Waals surface area contributed by atoms with Crippen molar-refractivity contribution >= 4 is 17.8 Å². The molecule has 4 rings (SSSR count). The van der Waals surface area contributed by atoms with Gasteiger partial charge in [0.05, 0.1) is 19.8 Å². The molecule has 0 aromatic heterocycles. The van der Waals surface area contributed by atoms with Crippen LogP contribution < -0.4 is 9.47 Å². The van der Waals surface area contributed by atoms with Crippen molar-refractivity contribution in [2.24, 2.45) is 0 Å². The fraction of sp³-hybridized carbons (Fsp3) is 0.286. The number of carbonyl (C=O) groups excluding carboxylic acids is 3. The smallest absolute Gasteiger partial charge is 0.359 e. The Morgan fingerprint density at radius 2 is 1.69 bits per heavy atom. The molecule has 0 spiro atoms. The average molecular weight is 396 g/mol. The van der Waals surface area contributed by atoms with Crippen LogP contribution in [0.4, 0.5) is 4.79 Å². The third kappa shape index (κ3) is 3.79. The van der Waals surface area contributed by atoms with Gasteiger partial charge in [-0.2, -0.15) is 0 Å². The molecular weight excluding hydrogens is 376 g/mol. The van der Waals surface area contributed by atoms with Gasteiger partial charge in [0.1, 0.15) is 6.10 Å². The molecule has 29 heavy (non-hydrogen) atoms. The fourth-order valence-electron chi connectivity index (χ4n) is 3.14. The SMILES string of the molecule is CC(ON1C(=O)C(=O)N(Cc2ccccc2)C1=O)c1ccc2c(c1)OCCCO2. The second-order valence-corrected chi connectivity index (χ2v) is 6.76. The van der Waals surface area contributed by atoms with Crippen molar-refractivity contribution in [3.63, 3.8) is 0 Å². The largest absolute Gasteiger partial charge is 0.490 e. The Hall–Kier alpha value is -3.39. The molecule has 2 heterocycles. The first-order valence-corrected chi connectivity index (χ1v) is 9.35. The summed E-state index contributed by atoms with van der Waals surface area (Å²) in [5.74, 6) is -0.705. The highest BCUT2D eigenvalue weighted by atomic mass is 16.7. The van der Waals surface area contributed by atoms with E-state index in [9.17, 15) is 14.4 Å². The number of rotatable bonds is 5. The number of amides is 4. The lowest BCUT2D eigenvalue weighted by Crippen LogP contribution is -2.34. The molecule has 150 valence electrons. The molecule has 0 aliphatic carbocycles. The number of urea groups is 1. The minimum atomic E-state index is -1.01. The van der Waals surface area contributed by atoms with Crippen LogP contribution in [0.25, 0.3) is 0 Å². The van der Waals surface area contributed by atoms with Crippen LogP contribution in [-0.4, -0.2) is 41.0 Å². The van der Waals surface area contributed by atoms with Gasteiger partial charge in [0.15, 0.2) is 11.5 Å². The first kappa shape index (κ1) is 18.9. The zero-order valence-corrected chi connectivity index (χ0v) is 15.9. The minimum absolute atomic E-state index is 0.00249. The number of ether oxygens (including phenoxy) is 2. The summed E-state index contributed by atoms with van der Waals surface area (Å²) in [5, 5.41) is 0.527. The van der Waals surface area contributed by atoms with Crippen LogP contribution in [0, 0.1) is 0 Å². The van der Waals surface area contributed by atoms with Crippen LogP contribution in [0.3, 0.4) is 0 Å². The predicted octanol–water partition coefficient (Wildman–Crippen LogP) is 2.83. The van der Waals surface area contributed by atoms with Crippen molar-refractivity contribution < 1.29 is 28.7 Å². The number of imide groups is 2. The van der Waals surface area contributed by atoms with Crippen molar-refractivity contribution in [2.45, 2.75) is 26.0 Å². The van der Waals surface area contributed by atoms with Gasteiger partial charge < -0.3 is 9.47 Å². The Balaban J connectivity index is 1.48. The number of fused-ring (bicyclic) bond motifs is 1. The Labute approximate surface area is 167 Å². The van der Waals surface area contributed by atoms with E-state index in [0.29, 0.717) is 35.3 Å². The zero-order chi connectivity index (χ0) is 20.4. The van der Waals surface area contributed by atoms with Crippen LogP contribution in [0.2, 0.25) is 0 Å². The molecule has 2 aliphatic rings. The van der Waals surface area contributed by atoms with E-state index >= 15 is 0 Å². The van der Waals surface area contributed by atoms with Crippen molar-refractivity contribution in [3.05, 3.63) is 59.7 Å². The number of hydrogen-bond acceptors (Lipinski definition) is 6. The number of hydroxylamine groups is 2. The molecule has 2 aromatic carbocycles. The monoisotopic (exact) mass is 396 g/mol. The van der Waals surface area contributed by atoms with E-state index in [1.54, 1.807) is 49.4 Å². The summed E-state index contributed by atoms with van der Waals surface area (Å²) in [7, 11) is 0. The predicted molar refractivity (Wildman–Crippen MR) is 101 cm³/mol. The van der Waals surface area contributed by atoms with Crippen LogP contribution in [0.1, 0.15) is 30.6 Å². The van der Waals surface area contributed by atoms with Gasteiger partial charge in [-0.05, 0) is 30.2 Å². The highest BCUT2D eigenvalue weighted by Crippen LogP contribution is 2.33. The van der Waals surface area contributed by atoms with E-state index in [1.807, 2.05) is 6.07 Å². The molecule has 1 fully saturated rings. The van der Waals surface area contributed by atoms with Gasteiger partial charge >= 0.3 is 17.8 Å². The van der Waals surface area contributed by atoms with Gasteiger partial charge in [0.25, 0.3) is 0 Å². The summed E-state index contributed by atoms with van der Waals surface area (Å²) in [6, 6.07) is 13.4. The Morgan fingerprint density at radius 1 is 0.966 bits per heavy atom. The summed E-state index contributed by atoms with van der Waals surface area (Å²) < 4.78 is 11.3. The summed E-state index contributed by atoms with van der Waals surface area (Å²) >= 11 is 0. The Kier molecular flexibility index (Phi) is 5.18. The number of nitrogens with zero attached hydrogens (tertiary/aromatic N) is 2. The summed E-state index contributed by atoms with van der Waals surface area (Å²) in [5.41, 5.74) is 1.42. The molecule has 8 heteroatoms. The van der Waals surface area contributed by atoms with E-state index in [1.165, 1.54) is 0 Å². The first-order valence-electron chi connectivity index (χ1n) is 9.35. The summed E-state index contributed by atoms with van der Waals surface area (Å²) in [6.07, 6.45) is 0.121. The molecule has 4 amide bonds. The molecule has 0 bridgehead atoms. The molecule has 0 saturated carbocycles. The van der Waals surface area contributed by atoms with Gasteiger partial charge in [-0.3, -0.25) is 14.4 Å². The van der Waals surface area contributed by atoms with Crippen molar-refractivity contribution in [2.75, 3.05) is 13.2 Å². The first-order chi connectivity index (χ1) is 14.0. The second-order valence-electron chi connectivity index (χ2n) is 6.76. The van der Waals surface area contributed by atoms with Crippen LogP contribution in [0.5, 0.6) is 11.5 Å². The lowest BCUT2D eigenvalue weighted by molar-refractivity contribution is -0.178. The third-order valence-electron chi connectivity index (χ3n) is 4.71. The molecule has 1 saturated heterocycles. The maximum atomic E-state index is 12.6. The molecule has 0 radical (unpaired) electrons. The van der Waals surface area contributed by atoms with E-state index in [4.69, 9.17) is 14.3 Å². The molecule has 0 N–H and O–H groups in total. The molecular formula is C21H20N2O6. The summed E-state index contributed by atoms with van der Waals surface area (Å²) in [4.78, 5) is 43.6. The third-order valence-corrected chi connectivity index (χ3v) is 4.71. The molecule has 2 aliphatic heterocycles. The van der Waals surface area contributed by atoms with Gasteiger partial charge in [0.2, 0.25) is 0 Å². The maximum Gasteiger partial charge on any atom is 0.359 e. The lowest BCUT2D eigenvalue weighted by atomic mass is 10.1.